The molecule has 0 saturated heterocycles. The highest BCUT2D eigenvalue weighted by Crippen LogP contribution is 2.31. The first kappa shape index (κ1) is 12.9. The second-order valence-electron chi connectivity index (χ2n) is 4.67. The number of anilines is 1. The molecule has 2 aromatic carbocycles. The van der Waals surface area contributed by atoms with Crippen LogP contribution in [0, 0.1) is 0 Å². The third kappa shape index (κ3) is 2.60. The Morgan fingerprint density at radius 1 is 1.15 bits per heavy atom. The van der Waals surface area contributed by atoms with Crippen LogP contribution in [-0.4, -0.2) is 19.1 Å². The van der Waals surface area contributed by atoms with Crippen molar-refractivity contribution < 1.29 is 4.74 Å². The summed E-state index contributed by atoms with van der Waals surface area (Å²) in [5, 5.41) is 1.03. The van der Waals surface area contributed by atoms with E-state index in [0.717, 1.165) is 22.9 Å². The molecule has 0 amide bonds. The van der Waals surface area contributed by atoms with Gasteiger partial charge in [-0.3, -0.25) is 0 Å². The van der Waals surface area contributed by atoms with E-state index in [-0.39, 0.29) is 0 Å². The second kappa shape index (κ2) is 5.51. The molecule has 0 atom stereocenters. The summed E-state index contributed by atoms with van der Waals surface area (Å²) in [7, 11) is 3.75. The number of nitrogens with zero attached hydrogens (tertiary/aromatic N) is 2. The van der Waals surface area contributed by atoms with Crippen LogP contribution in [0.15, 0.2) is 48.5 Å². The third-order valence-electron chi connectivity index (χ3n) is 3.17. The molecule has 0 radical (unpaired) electrons. The van der Waals surface area contributed by atoms with Crippen molar-refractivity contribution in [3.63, 3.8) is 0 Å². The topological polar surface area (TPSA) is 25.4 Å². The lowest BCUT2D eigenvalue weighted by atomic mass is 10.2. The number of hydrogen-bond acceptors (Lipinski definition) is 4. The molecule has 0 aliphatic heterocycles. The molecule has 0 N–H and O–H groups in total. The SMILES string of the molecule is COc1ccc2sc(N(C)Cc3ccccc3)nc2c1. The van der Waals surface area contributed by atoms with Crippen LogP contribution < -0.4 is 9.64 Å². The maximum atomic E-state index is 5.24. The predicted molar refractivity (Wildman–Crippen MR) is 84.7 cm³/mol. The Morgan fingerprint density at radius 2 is 1.95 bits per heavy atom. The van der Waals surface area contributed by atoms with Crippen LogP contribution >= 0.6 is 11.3 Å². The van der Waals surface area contributed by atoms with Crippen molar-refractivity contribution >= 4 is 26.7 Å². The van der Waals surface area contributed by atoms with E-state index in [2.05, 4.69) is 47.3 Å². The molecule has 0 bridgehead atoms. The first-order valence-electron chi connectivity index (χ1n) is 6.46. The molecule has 1 heterocycles. The molecule has 0 unspecified atom stereocenters. The number of benzene rings is 2. The van der Waals surface area contributed by atoms with Gasteiger partial charge in [0.25, 0.3) is 0 Å². The molecule has 1 aromatic heterocycles. The molecule has 0 saturated carbocycles. The zero-order valence-electron chi connectivity index (χ0n) is 11.5. The van der Waals surface area contributed by atoms with Gasteiger partial charge in [0.15, 0.2) is 5.13 Å². The molecule has 4 heteroatoms. The van der Waals surface area contributed by atoms with Gasteiger partial charge in [-0.1, -0.05) is 41.7 Å². The van der Waals surface area contributed by atoms with Crippen molar-refractivity contribution in [3.05, 3.63) is 54.1 Å². The lowest BCUT2D eigenvalue weighted by molar-refractivity contribution is 0.415. The van der Waals surface area contributed by atoms with Crippen LogP contribution in [0.4, 0.5) is 5.13 Å². The van der Waals surface area contributed by atoms with E-state index < -0.39 is 0 Å². The summed E-state index contributed by atoms with van der Waals surface area (Å²) in [5.74, 6) is 0.847. The molecule has 102 valence electrons. The zero-order chi connectivity index (χ0) is 13.9. The molecule has 3 rings (SSSR count). The van der Waals surface area contributed by atoms with Crippen LogP contribution in [0.2, 0.25) is 0 Å². The molecule has 3 aromatic rings. The first-order valence-corrected chi connectivity index (χ1v) is 7.27. The van der Waals surface area contributed by atoms with Crippen LogP contribution in [0.25, 0.3) is 10.2 Å². The number of hydrogen-bond donors (Lipinski definition) is 0. The number of rotatable bonds is 4. The minimum absolute atomic E-state index is 0.847. The van der Waals surface area contributed by atoms with Crippen molar-refractivity contribution in [2.75, 3.05) is 19.1 Å². The summed E-state index contributed by atoms with van der Waals surface area (Å²) in [4.78, 5) is 6.85. The van der Waals surface area contributed by atoms with Crippen molar-refractivity contribution in [3.8, 4) is 5.75 Å². The molecular weight excluding hydrogens is 268 g/mol. The summed E-state index contributed by atoms with van der Waals surface area (Å²) >= 11 is 1.70. The van der Waals surface area contributed by atoms with Crippen LogP contribution in [0.5, 0.6) is 5.75 Å². The third-order valence-corrected chi connectivity index (χ3v) is 4.32. The van der Waals surface area contributed by atoms with Gasteiger partial charge in [0.1, 0.15) is 5.75 Å². The molecule has 0 fully saturated rings. The predicted octanol–water partition coefficient (Wildman–Crippen LogP) is 3.94. The van der Waals surface area contributed by atoms with E-state index >= 15 is 0 Å². The van der Waals surface area contributed by atoms with E-state index in [1.165, 1.54) is 10.3 Å². The van der Waals surface area contributed by atoms with Gasteiger partial charge in [0.2, 0.25) is 0 Å². The van der Waals surface area contributed by atoms with Gasteiger partial charge >= 0.3 is 0 Å². The van der Waals surface area contributed by atoms with Gasteiger partial charge in [-0.05, 0) is 17.7 Å². The van der Waals surface area contributed by atoms with E-state index in [9.17, 15) is 0 Å². The van der Waals surface area contributed by atoms with Gasteiger partial charge < -0.3 is 9.64 Å². The van der Waals surface area contributed by atoms with E-state index in [0.29, 0.717) is 0 Å². The smallest absolute Gasteiger partial charge is 0.186 e. The lowest BCUT2D eigenvalue weighted by Crippen LogP contribution is -2.15. The average Bonchev–Trinajstić information content (AvgIpc) is 2.91. The summed E-state index contributed by atoms with van der Waals surface area (Å²) in [6, 6.07) is 16.4. The molecule has 0 spiro atoms. The van der Waals surface area contributed by atoms with Gasteiger partial charge in [0, 0.05) is 19.7 Å². The second-order valence-corrected chi connectivity index (χ2v) is 5.68. The molecule has 3 nitrogen and oxygen atoms in total. The highest BCUT2D eigenvalue weighted by Gasteiger charge is 2.09. The van der Waals surface area contributed by atoms with Gasteiger partial charge in [-0.15, -0.1) is 0 Å². The summed E-state index contributed by atoms with van der Waals surface area (Å²) in [6.45, 7) is 0.859. The van der Waals surface area contributed by atoms with Crippen molar-refractivity contribution in [2.24, 2.45) is 0 Å². The fourth-order valence-corrected chi connectivity index (χ4v) is 3.02. The number of fused-ring (bicyclic) bond motifs is 1. The summed E-state index contributed by atoms with van der Waals surface area (Å²) < 4.78 is 6.42. The summed E-state index contributed by atoms with van der Waals surface area (Å²) in [5.41, 5.74) is 2.27. The zero-order valence-corrected chi connectivity index (χ0v) is 12.4. The minimum Gasteiger partial charge on any atom is -0.497 e. The van der Waals surface area contributed by atoms with E-state index in [4.69, 9.17) is 4.74 Å². The molecule has 20 heavy (non-hydrogen) atoms. The standard InChI is InChI=1S/C16H16N2OS/c1-18(11-12-6-4-3-5-7-12)16-17-14-10-13(19-2)8-9-15(14)20-16/h3-10H,11H2,1-2H3. The minimum atomic E-state index is 0.847. The highest BCUT2D eigenvalue weighted by molar-refractivity contribution is 7.22. The number of ether oxygens (including phenoxy) is 1. The Morgan fingerprint density at radius 3 is 2.70 bits per heavy atom. The number of methoxy groups -OCH3 is 1. The van der Waals surface area contributed by atoms with Crippen LogP contribution in [0.3, 0.4) is 0 Å². The fourth-order valence-electron chi connectivity index (χ4n) is 2.11. The van der Waals surface area contributed by atoms with Gasteiger partial charge in [-0.25, -0.2) is 4.98 Å². The Bertz CT molecular complexity index is 709. The quantitative estimate of drug-likeness (QED) is 0.725. The Labute approximate surface area is 122 Å². The molecular formula is C16H16N2OS. The highest BCUT2D eigenvalue weighted by atomic mass is 32.1. The van der Waals surface area contributed by atoms with Gasteiger partial charge in [-0.2, -0.15) is 0 Å². The first-order chi connectivity index (χ1) is 9.76. The van der Waals surface area contributed by atoms with E-state index in [1.807, 2.05) is 18.2 Å². The Hall–Kier alpha value is -2.07. The average molecular weight is 284 g/mol. The normalized spacial score (nSPS) is 10.7. The van der Waals surface area contributed by atoms with Crippen LogP contribution in [-0.2, 0) is 6.54 Å². The Balaban J connectivity index is 1.86. The number of aromatic nitrogens is 1. The van der Waals surface area contributed by atoms with Crippen molar-refractivity contribution in [1.29, 1.82) is 0 Å². The number of thiazole rings is 1. The maximum Gasteiger partial charge on any atom is 0.186 e. The molecule has 0 aliphatic rings. The molecule has 0 aliphatic carbocycles. The van der Waals surface area contributed by atoms with Crippen molar-refractivity contribution in [1.82, 2.24) is 4.98 Å². The van der Waals surface area contributed by atoms with Gasteiger partial charge in [0.05, 0.1) is 17.3 Å². The van der Waals surface area contributed by atoms with E-state index in [1.54, 1.807) is 18.4 Å². The fraction of sp³-hybridized carbons (Fsp3) is 0.188. The maximum absolute atomic E-state index is 5.24. The largest absolute Gasteiger partial charge is 0.497 e. The lowest BCUT2D eigenvalue weighted by Gasteiger charge is -2.15. The monoisotopic (exact) mass is 284 g/mol. The van der Waals surface area contributed by atoms with Crippen molar-refractivity contribution in [2.45, 2.75) is 6.54 Å². The van der Waals surface area contributed by atoms with Crippen LogP contribution in [0.1, 0.15) is 5.56 Å². The Kier molecular flexibility index (Phi) is 3.56. The summed E-state index contributed by atoms with van der Waals surface area (Å²) in [6.07, 6.45) is 0.